The molecule has 0 bridgehead atoms. The quantitative estimate of drug-likeness (QED) is 0.195. The minimum Gasteiger partial charge on any atom is -0.494 e. The number of carbonyl (C=O) groups excluding carboxylic acids is 1. The van der Waals surface area contributed by atoms with Crippen LogP contribution >= 0.6 is 0 Å². The second-order valence-electron chi connectivity index (χ2n) is 12.3. The molecule has 0 saturated carbocycles. The molecule has 1 amide bonds. The van der Waals surface area contributed by atoms with Crippen LogP contribution in [0.25, 0.3) is 10.8 Å². The number of carbonyl (C=O) groups is 2. The molecule has 0 radical (unpaired) electrons. The van der Waals surface area contributed by atoms with E-state index in [-0.39, 0.29) is 30.9 Å². The zero-order valence-electron chi connectivity index (χ0n) is 26.8. The maximum absolute atomic E-state index is 14.2. The molecule has 3 heterocycles. The molecule has 248 valence electrons. The molecule has 1 fully saturated rings. The molecule has 6 rings (SSSR count). The normalized spacial score (nSPS) is 18.9. The first-order valence-electron chi connectivity index (χ1n) is 16.0. The van der Waals surface area contributed by atoms with E-state index in [2.05, 4.69) is 0 Å². The van der Waals surface area contributed by atoms with Crippen LogP contribution in [-0.4, -0.2) is 71.1 Å². The summed E-state index contributed by atoms with van der Waals surface area (Å²) in [5, 5.41) is 23.3. The summed E-state index contributed by atoms with van der Waals surface area (Å²) in [5.41, 5.74) is 1.76. The summed E-state index contributed by atoms with van der Waals surface area (Å²) in [4.78, 5) is 30.8. The highest BCUT2D eigenvalue weighted by Crippen LogP contribution is 2.47. The number of benzene rings is 3. The van der Waals surface area contributed by atoms with Gasteiger partial charge in [-0.05, 0) is 67.3 Å². The molecule has 3 aromatic carbocycles. The number of aromatic nitrogens is 1. The van der Waals surface area contributed by atoms with Crippen molar-refractivity contribution in [3.8, 4) is 23.1 Å². The van der Waals surface area contributed by atoms with Gasteiger partial charge in [0.1, 0.15) is 5.82 Å². The predicted octanol–water partition coefficient (Wildman–Crippen LogP) is 5.92. The van der Waals surface area contributed by atoms with Crippen LogP contribution < -0.4 is 19.1 Å². The van der Waals surface area contributed by atoms with Gasteiger partial charge in [0.25, 0.3) is 0 Å². The first-order valence-corrected chi connectivity index (χ1v) is 16.0. The average molecular weight is 646 g/mol. The zero-order chi connectivity index (χ0) is 33.2. The van der Waals surface area contributed by atoms with Crippen molar-refractivity contribution < 1.29 is 38.4 Å². The van der Waals surface area contributed by atoms with E-state index in [1.165, 1.54) is 13.2 Å². The highest BCUT2D eigenvalue weighted by Gasteiger charge is 2.47. The van der Waals surface area contributed by atoms with Crippen molar-refractivity contribution in [2.75, 3.05) is 38.4 Å². The lowest BCUT2D eigenvalue weighted by Crippen LogP contribution is -2.45. The summed E-state index contributed by atoms with van der Waals surface area (Å²) in [5.74, 6) is -1.38. The molecule has 2 aliphatic heterocycles. The molecule has 0 spiro atoms. The fourth-order valence-electron chi connectivity index (χ4n) is 6.96. The lowest BCUT2D eigenvalue weighted by molar-refractivity contribution is -0.143. The van der Waals surface area contributed by atoms with Crippen molar-refractivity contribution in [1.82, 2.24) is 9.47 Å². The summed E-state index contributed by atoms with van der Waals surface area (Å²) in [7, 11) is 1.52. The third-order valence-corrected chi connectivity index (χ3v) is 9.40. The summed E-state index contributed by atoms with van der Waals surface area (Å²) >= 11 is 0. The van der Waals surface area contributed by atoms with Gasteiger partial charge < -0.3 is 33.9 Å². The van der Waals surface area contributed by atoms with Crippen molar-refractivity contribution in [2.24, 2.45) is 5.92 Å². The highest BCUT2D eigenvalue weighted by molar-refractivity contribution is 5.95. The van der Waals surface area contributed by atoms with Crippen LogP contribution in [0.4, 0.5) is 10.1 Å². The Morgan fingerprint density at radius 3 is 2.66 bits per heavy atom. The van der Waals surface area contributed by atoms with Crippen molar-refractivity contribution in [2.45, 2.75) is 51.6 Å². The Hall–Kier alpha value is -4.77. The third kappa shape index (κ3) is 6.32. The van der Waals surface area contributed by atoms with Crippen LogP contribution in [0.5, 0.6) is 23.1 Å². The van der Waals surface area contributed by atoms with Gasteiger partial charge in [0, 0.05) is 54.3 Å². The summed E-state index contributed by atoms with van der Waals surface area (Å²) < 4.78 is 32.7. The molecule has 0 aliphatic carbocycles. The number of carboxylic acid groups (broad SMARTS) is 1. The number of fused-ring (bicyclic) bond motifs is 2. The number of nitrogens with zero attached hydrogens (tertiary/aromatic N) is 3. The number of hydrogen-bond acceptors (Lipinski definition) is 7. The Kier molecular flexibility index (Phi) is 9.26. The number of aromatic hydroxyl groups is 1. The van der Waals surface area contributed by atoms with Gasteiger partial charge in [-0.3, -0.25) is 14.5 Å². The molecule has 2 N–H and O–H groups in total. The number of rotatable bonds is 12. The number of halogens is 1. The van der Waals surface area contributed by atoms with Crippen molar-refractivity contribution >= 4 is 28.3 Å². The molecule has 1 aromatic heterocycles. The molecule has 0 unspecified atom stereocenters. The first-order chi connectivity index (χ1) is 22.7. The molecule has 2 aliphatic rings. The summed E-state index contributed by atoms with van der Waals surface area (Å²) in [6.45, 7) is 4.79. The van der Waals surface area contributed by atoms with Gasteiger partial charge in [-0.25, -0.2) is 4.39 Å². The molecule has 10 nitrogen and oxygen atoms in total. The van der Waals surface area contributed by atoms with E-state index >= 15 is 0 Å². The van der Waals surface area contributed by atoms with Gasteiger partial charge in [0.15, 0.2) is 17.4 Å². The zero-order valence-corrected chi connectivity index (χ0v) is 26.8. The topological polar surface area (TPSA) is 114 Å². The number of amides is 1. The van der Waals surface area contributed by atoms with E-state index in [0.29, 0.717) is 65.5 Å². The van der Waals surface area contributed by atoms with Crippen molar-refractivity contribution in [3.63, 3.8) is 0 Å². The minimum absolute atomic E-state index is 0.0353. The fourth-order valence-corrected chi connectivity index (χ4v) is 6.96. The van der Waals surface area contributed by atoms with E-state index in [0.717, 1.165) is 18.2 Å². The Labute approximate surface area is 272 Å². The number of carboxylic acids is 1. The monoisotopic (exact) mass is 645 g/mol. The van der Waals surface area contributed by atoms with Gasteiger partial charge in [-0.2, -0.15) is 0 Å². The van der Waals surface area contributed by atoms with Crippen LogP contribution in [0, 0.1) is 18.7 Å². The maximum atomic E-state index is 14.2. The van der Waals surface area contributed by atoms with E-state index in [1.54, 1.807) is 40.7 Å². The first kappa shape index (κ1) is 32.2. The van der Waals surface area contributed by atoms with Gasteiger partial charge >= 0.3 is 5.97 Å². The number of methoxy groups -OCH3 is 1. The lowest BCUT2D eigenvalue weighted by Gasteiger charge is -2.30. The van der Waals surface area contributed by atoms with Gasteiger partial charge in [-0.1, -0.05) is 31.5 Å². The highest BCUT2D eigenvalue weighted by atomic mass is 19.1. The average Bonchev–Trinajstić information content (AvgIpc) is 3.77. The van der Waals surface area contributed by atoms with Gasteiger partial charge in [0.2, 0.25) is 18.4 Å². The number of aliphatic carboxylic acids is 1. The second kappa shape index (κ2) is 13.5. The molecule has 11 heteroatoms. The molecule has 3 atom stereocenters. The molecular weight excluding hydrogens is 605 g/mol. The van der Waals surface area contributed by atoms with Gasteiger partial charge in [-0.15, -0.1) is 0 Å². The minimum atomic E-state index is -0.981. The Morgan fingerprint density at radius 1 is 1.13 bits per heavy atom. The molecule has 4 aromatic rings. The van der Waals surface area contributed by atoms with Crippen LogP contribution in [0.1, 0.15) is 43.2 Å². The van der Waals surface area contributed by atoms with E-state index in [1.807, 2.05) is 42.3 Å². The van der Waals surface area contributed by atoms with E-state index < -0.39 is 23.8 Å². The van der Waals surface area contributed by atoms with Crippen LogP contribution in [-0.2, 0) is 16.1 Å². The maximum Gasteiger partial charge on any atom is 0.308 e. The Bertz CT molecular complexity index is 1790. The standard InChI is InChI=1S/C36H40FN3O7/c1-4-5-13-40(25-10-11-28(37)22(2)15-25)32(41)20-39-19-27(24-16-30(45-3)34-31(17-24)46-21-47-34)33(36(43)44)29(39)12-14-38-18-23-8-6-7-9-26(23)35(38)42/h6-11,15-18,27,29,33,42H,4-5,12-14,19-21H2,1-3H3,(H,43,44)/t27-,29+,33-/m1/s1. The number of anilines is 1. The summed E-state index contributed by atoms with van der Waals surface area (Å²) in [6.07, 6.45) is 3.83. The smallest absolute Gasteiger partial charge is 0.308 e. The molecular formula is C36H40FN3O7. The third-order valence-electron chi connectivity index (χ3n) is 9.40. The number of ether oxygens (including phenoxy) is 3. The predicted molar refractivity (Wildman–Crippen MR) is 175 cm³/mol. The largest absolute Gasteiger partial charge is 0.494 e. The van der Waals surface area contributed by atoms with E-state index in [9.17, 15) is 24.2 Å². The number of unbranched alkanes of at least 4 members (excludes halogenated alkanes) is 1. The van der Waals surface area contributed by atoms with Crippen molar-refractivity contribution in [3.05, 3.63) is 77.7 Å². The number of hydrogen-bond donors (Lipinski definition) is 2. The van der Waals surface area contributed by atoms with Gasteiger partial charge in [0.05, 0.1) is 19.6 Å². The number of likely N-dealkylation sites (tertiary alicyclic amines) is 1. The fraction of sp³-hybridized carbons (Fsp3) is 0.389. The molecule has 1 saturated heterocycles. The molecule has 47 heavy (non-hydrogen) atoms. The van der Waals surface area contributed by atoms with Crippen molar-refractivity contribution in [1.29, 1.82) is 0 Å². The Balaban J connectivity index is 1.35. The Morgan fingerprint density at radius 2 is 1.94 bits per heavy atom. The van der Waals surface area contributed by atoms with Crippen LogP contribution in [0.2, 0.25) is 0 Å². The van der Waals surface area contributed by atoms with E-state index in [4.69, 9.17) is 14.2 Å². The second-order valence-corrected chi connectivity index (χ2v) is 12.3. The lowest BCUT2D eigenvalue weighted by atomic mass is 9.84. The SMILES string of the molecule is CCCCN(C(=O)CN1C[C@H](c2cc(OC)c3c(c2)OCO3)[C@@H](C(=O)O)[C@@H]1CCn1cc2ccccc2c1O)c1ccc(F)c(C)c1. The van der Waals surface area contributed by atoms with Crippen LogP contribution in [0.3, 0.4) is 0 Å². The summed E-state index contributed by atoms with van der Waals surface area (Å²) in [6, 6.07) is 15.2. The van der Waals surface area contributed by atoms with Crippen LogP contribution in [0.15, 0.2) is 60.8 Å². The number of aryl methyl sites for hydroxylation is 2.